The quantitative estimate of drug-likeness (QED) is 0.726. The Kier molecular flexibility index (Phi) is 4.44. The number of hydrogen-bond donors (Lipinski definition) is 1. The molecule has 146 valence electrons. The summed E-state index contributed by atoms with van der Waals surface area (Å²) >= 11 is 0. The molecule has 9 nitrogen and oxygen atoms in total. The summed E-state index contributed by atoms with van der Waals surface area (Å²) in [6.45, 7) is 8.62. The maximum atomic E-state index is 5.48. The molecule has 0 unspecified atom stereocenters. The lowest BCUT2D eigenvalue weighted by molar-refractivity contribution is 0.122. The topological polar surface area (TPSA) is 86.3 Å². The molecule has 0 radical (unpaired) electrons. The molecule has 2 aliphatic heterocycles. The van der Waals surface area contributed by atoms with Crippen LogP contribution in [-0.2, 0) is 4.74 Å². The first-order valence-electron chi connectivity index (χ1n) is 9.75. The molecule has 0 bridgehead atoms. The Hall–Kier alpha value is -2.94. The van der Waals surface area contributed by atoms with E-state index in [-0.39, 0.29) is 0 Å². The van der Waals surface area contributed by atoms with Gasteiger partial charge in [-0.3, -0.25) is 0 Å². The first-order valence-corrected chi connectivity index (χ1v) is 9.75. The van der Waals surface area contributed by atoms with E-state index in [9.17, 15) is 0 Å². The van der Waals surface area contributed by atoms with E-state index in [1.807, 2.05) is 6.07 Å². The number of morpholine rings is 1. The van der Waals surface area contributed by atoms with Crippen LogP contribution in [0.4, 0.5) is 17.7 Å². The van der Waals surface area contributed by atoms with E-state index in [0.717, 1.165) is 86.9 Å². The zero-order valence-corrected chi connectivity index (χ0v) is 16.0. The average molecular weight is 380 g/mol. The molecule has 9 heteroatoms. The molecular formula is C19H24N8O. The summed E-state index contributed by atoms with van der Waals surface area (Å²) in [5.74, 6) is 2.58. The molecule has 28 heavy (non-hydrogen) atoms. The van der Waals surface area contributed by atoms with Crippen LogP contribution in [0.1, 0.15) is 5.69 Å². The van der Waals surface area contributed by atoms with Crippen LogP contribution in [0.5, 0.6) is 0 Å². The van der Waals surface area contributed by atoms with Crippen LogP contribution >= 0.6 is 0 Å². The van der Waals surface area contributed by atoms with Crippen molar-refractivity contribution in [1.29, 1.82) is 0 Å². The number of hydrogen-bond acceptors (Lipinski definition) is 8. The van der Waals surface area contributed by atoms with Gasteiger partial charge in [-0.05, 0) is 19.1 Å². The summed E-state index contributed by atoms with van der Waals surface area (Å²) in [6, 6.07) is 3.99. The van der Waals surface area contributed by atoms with E-state index in [4.69, 9.17) is 14.7 Å². The molecule has 5 heterocycles. The zero-order chi connectivity index (χ0) is 18.9. The molecule has 2 fully saturated rings. The van der Waals surface area contributed by atoms with E-state index >= 15 is 0 Å². The Bertz CT molecular complexity index is 945. The maximum absolute atomic E-state index is 5.48. The smallest absolute Gasteiger partial charge is 0.229 e. The SMILES string of the molecule is Cc1cc2c(N3CCN(c4ncccn4)CC3)nc(N3CCOCC3)nc2[nH]1. The second kappa shape index (κ2) is 7.23. The number of aromatic nitrogens is 5. The first kappa shape index (κ1) is 17.2. The third kappa shape index (κ3) is 3.22. The van der Waals surface area contributed by atoms with Gasteiger partial charge in [0.05, 0.1) is 18.6 Å². The second-order valence-corrected chi connectivity index (χ2v) is 7.18. The zero-order valence-electron chi connectivity index (χ0n) is 16.0. The van der Waals surface area contributed by atoms with Crippen molar-refractivity contribution in [2.75, 3.05) is 67.2 Å². The number of nitrogens with zero attached hydrogens (tertiary/aromatic N) is 7. The monoisotopic (exact) mass is 380 g/mol. The minimum absolute atomic E-state index is 0.718. The molecule has 0 atom stereocenters. The molecular weight excluding hydrogens is 356 g/mol. The number of aryl methyl sites for hydroxylation is 1. The molecule has 3 aromatic rings. The molecule has 0 amide bonds. The number of fused-ring (bicyclic) bond motifs is 1. The van der Waals surface area contributed by atoms with Crippen molar-refractivity contribution in [2.24, 2.45) is 0 Å². The van der Waals surface area contributed by atoms with Crippen molar-refractivity contribution in [3.8, 4) is 0 Å². The second-order valence-electron chi connectivity index (χ2n) is 7.18. The fraction of sp³-hybridized carbons (Fsp3) is 0.474. The van der Waals surface area contributed by atoms with Crippen molar-refractivity contribution in [3.63, 3.8) is 0 Å². The van der Waals surface area contributed by atoms with Crippen LogP contribution < -0.4 is 14.7 Å². The van der Waals surface area contributed by atoms with Crippen molar-refractivity contribution < 1.29 is 4.74 Å². The molecule has 0 saturated carbocycles. The fourth-order valence-electron chi connectivity index (χ4n) is 3.83. The Morgan fingerprint density at radius 1 is 0.857 bits per heavy atom. The van der Waals surface area contributed by atoms with Crippen molar-refractivity contribution in [2.45, 2.75) is 6.92 Å². The Morgan fingerprint density at radius 2 is 1.54 bits per heavy atom. The number of rotatable bonds is 3. The van der Waals surface area contributed by atoms with Crippen LogP contribution in [0.3, 0.4) is 0 Å². The van der Waals surface area contributed by atoms with Crippen molar-refractivity contribution in [1.82, 2.24) is 24.9 Å². The van der Waals surface area contributed by atoms with Crippen LogP contribution in [0.25, 0.3) is 11.0 Å². The van der Waals surface area contributed by atoms with Gasteiger partial charge in [-0.1, -0.05) is 0 Å². The lowest BCUT2D eigenvalue weighted by Crippen LogP contribution is -2.47. The Morgan fingerprint density at radius 3 is 2.29 bits per heavy atom. The van der Waals surface area contributed by atoms with E-state index in [0.29, 0.717) is 0 Å². The van der Waals surface area contributed by atoms with E-state index in [1.54, 1.807) is 12.4 Å². The highest BCUT2D eigenvalue weighted by molar-refractivity contribution is 5.89. The lowest BCUT2D eigenvalue weighted by atomic mass is 10.2. The van der Waals surface area contributed by atoms with Gasteiger partial charge in [0.1, 0.15) is 11.5 Å². The van der Waals surface area contributed by atoms with Crippen molar-refractivity contribution in [3.05, 3.63) is 30.2 Å². The Balaban J connectivity index is 1.43. The highest BCUT2D eigenvalue weighted by Crippen LogP contribution is 2.28. The van der Waals surface area contributed by atoms with Crippen molar-refractivity contribution >= 4 is 28.7 Å². The molecule has 0 aliphatic carbocycles. The molecule has 2 aliphatic rings. The third-order valence-electron chi connectivity index (χ3n) is 5.30. The van der Waals surface area contributed by atoms with E-state index in [2.05, 4.69) is 42.6 Å². The van der Waals surface area contributed by atoms with Crippen LogP contribution in [0, 0.1) is 6.92 Å². The summed E-state index contributed by atoms with van der Waals surface area (Å²) in [4.78, 5) is 28.7. The number of aromatic amines is 1. The van der Waals surface area contributed by atoms with Gasteiger partial charge < -0.3 is 24.4 Å². The number of nitrogens with one attached hydrogen (secondary N) is 1. The largest absolute Gasteiger partial charge is 0.378 e. The normalized spacial score (nSPS) is 18.1. The van der Waals surface area contributed by atoms with Crippen LogP contribution in [0.15, 0.2) is 24.5 Å². The van der Waals surface area contributed by atoms with Gasteiger partial charge in [-0.2, -0.15) is 9.97 Å². The Labute approximate surface area is 163 Å². The first-order chi connectivity index (χ1) is 13.8. The maximum Gasteiger partial charge on any atom is 0.229 e. The van der Waals surface area contributed by atoms with Gasteiger partial charge >= 0.3 is 0 Å². The summed E-state index contributed by atoms with van der Waals surface area (Å²) in [6.07, 6.45) is 3.58. The molecule has 5 rings (SSSR count). The van der Waals surface area contributed by atoms with E-state index in [1.165, 1.54) is 0 Å². The van der Waals surface area contributed by atoms with Crippen LogP contribution in [0.2, 0.25) is 0 Å². The van der Waals surface area contributed by atoms with Gasteiger partial charge in [0.25, 0.3) is 0 Å². The molecule has 2 saturated heterocycles. The van der Waals surface area contributed by atoms with Gasteiger partial charge in [0.2, 0.25) is 11.9 Å². The van der Waals surface area contributed by atoms with Gasteiger partial charge in [0, 0.05) is 57.4 Å². The molecule has 0 aromatic carbocycles. The number of piperazine rings is 1. The summed E-state index contributed by atoms with van der Waals surface area (Å²) < 4.78 is 5.48. The molecule has 1 N–H and O–H groups in total. The molecule has 0 spiro atoms. The molecule has 3 aromatic heterocycles. The average Bonchev–Trinajstić information content (AvgIpc) is 3.14. The summed E-state index contributed by atoms with van der Waals surface area (Å²) in [7, 11) is 0. The van der Waals surface area contributed by atoms with E-state index < -0.39 is 0 Å². The van der Waals surface area contributed by atoms with Gasteiger partial charge in [-0.25, -0.2) is 9.97 Å². The van der Waals surface area contributed by atoms with Gasteiger partial charge in [-0.15, -0.1) is 0 Å². The van der Waals surface area contributed by atoms with Crippen LogP contribution in [-0.4, -0.2) is 77.4 Å². The fourth-order valence-corrected chi connectivity index (χ4v) is 3.83. The number of H-pyrrole nitrogens is 1. The minimum Gasteiger partial charge on any atom is -0.378 e. The summed E-state index contributed by atoms with van der Waals surface area (Å²) in [5.41, 5.74) is 2.00. The predicted octanol–water partition coefficient (Wildman–Crippen LogP) is 1.22. The number of ether oxygens (including phenoxy) is 1. The minimum atomic E-state index is 0.718. The standard InChI is InChI=1S/C19H24N8O/c1-14-13-15-16(22-14)23-19(27-9-11-28-12-10-27)24-17(15)25-5-7-26(8-6-25)18-20-3-2-4-21-18/h2-4,13H,5-12H2,1H3,(H,22,23,24). The third-order valence-corrected chi connectivity index (χ3v) is 5.30. The number of anilines is 3. The highest BCUT2D eigenvalue weighted by atomic mass is 16.5. The van der Waals surface area contributed by atoms with Gasteiger partial charge in [0.15, 0.2) is 0 Å². The highest BCUT2D eigenvalue weighted by Gasteiger charge is 2.24. The lowest BCUT2D eigenvalue weighted by Gasteiger charge is -2.36. The summed E-state index contributed by atoms with van der Waals surface area (Å²) in [5, 5.41) is 1.08. The predicted molar refractivity (Wildman–Crippen MR) is 108 cm³/mol.